The lowest BCUT2D eigenvalue weighted by Crippen LogP contribution is -2.25. The van der Waals surface area contributed by atoms with Crippen LogP contribution >= 0.6 is 11.3 Å². The fourth-order valence-corrected chi connectivity index (χ4v) is 3.95. The van der Waals surface area contributed by atoms with Crippen molar-refractivity contribution < 1.29 is 14.7 Å². The van der Waals surface area contributed by atoms with Gasteiger partial charge in [-0.15, -0.1) is 11.3 Å². The lowest BCUT2D eigenvalue weighted by atomic mass is 10.1. The highest BCUT2D eigenvalue weighted by molar-refractivity contribution is 7.20. The summed E-state index contributed by atoms with van der Waals surface area (Å²) in [7, 11) is 0. The molecule has 3 N–H and O–H groups in total. The van der Waals surface area contributed by atoms with Crippen molar-refractivity contribution in [1.82, 2.24) is 9.55 Å². The van der Waals surface area contributed by atoms with Gasteiger partial charge in [0.25, 0.3) is 11.5 Å². The lowest BCUT2D eigenvalue weighted by molar-refractivity contribution is 0.0696. The molecule has 0 fully saturated rings. The molecule has 1 aromatic carbocycles. The standard InChI is InChI=1S/C18H17N3O4S/c1-3-12-20-16-13(9(2)14(26-16)15(19)22)17(23)21(12)8-10-5-4-6-11(7-10)18(24)25/h4-7H,3,8H2,1-2H3,(H2,19,22)(H,24,25). The number of carboxylic acid groups (broad SMARTS) is 1. The number of carbonyl (C=O) groups excluding carboxylic acids is 1. The number of aryl methyl sites for hydroxylation is 2. The number of nitrogens with zero attached hydrogens (tertiary/aromatic N) is 2. The van der Waals surface area contributed by atoms with E-state index in [9.17, 15) is 14.4 Å². The highest BCUT2D eigenvalue weighted by Gasteiger charge is 2.20. The van der Waals surface area contributed by atoms with E-state index in [-0.39, 0.29) is 17.7 Å². The molecule has 0 unspecified atom stereocenters. The van der Waals surface area contributed by atoms with Crippen LogP contribution in [-0.4, -0.2) is 26.5 Å². The fraction of sp³-hybridized carbons (Fsp3) is 0.222. The molecule has 1 amide bonds. The molecule has 0 aliphatic carbocycles. The molecule has 0 spiro atoms. The molecular formula is C18H17N3O4S. The molecule has 3 aromatic rings. The number of fused-ring (bicyclic) bond motifs is 1. The van der Waals surface area contributed by atoms with E-state index in [4.69, 9.17) is 10.8 Å². The molecule has 7 nitrogen and oxygen atoms in total. The second-order valence-corrected chi connectivity index (χ2v) is 6.88. The first kappa shape index (κ1) is 17.8. The molecule has 0 radical (unpaired) electrons. The summed E-state index contributed by atoms with van der Waals surface area (Å²) in [5.41, 5.74) is 6.51. The largest absolute Gasteiger partial charge is 0.478 e. The van der Waals surface area contributed by atoms with Crippen LogP contribution in [0.3, 0.4) is 0 Å². The van der Waals surface area contributed by atoms with E-state index in [0.717, 1.165) is 11.3 Å². The third-order valence-electron chi connectivity index (χ3n) is 4.18. The highest BCUT2D eigenvalue weighted by Crippen LogP contribution is 2.27. The first-order valence-corrected chi connectivity index (χ1v) is 8.80. The van der Waals surface area contributed by atoms with Crippen LogP contribution < -0.4 is 11.3 Å². The van der Waals surface area contributed by atoms with Crippen LogP contribution in [-0.2, 0) is 13.0 Å². The Morgan fingerprint density at radius 1 is 1.35 bits per heavy atom. The van der Waals surface area contributed by atoms with Crippen LogP contribution in [0.25, 0.3) is 10.2 Å². The van der Waals surface area contributed by atoms with Gasteiger partial charge in [0.2, 0.25) is 0 Å². The van der Waals surface area contributed by atoms with Crippen molar-refractivity contribution in [2.45, 2.75) is 26.8 Å². The normalized spacial score (nSPS) is 11.0. The van der Waals surface area contributed by atoms with E-state index in [2.05, 4.69) is 4.98 Å². The average molecular weight is 371 g/mol. The number of hydrogen-bond acceptors (Lipinski definition) is 5. The van der Waals surface area contributed by atoms with Crippen molar-refractivity contribution in [2.75, 3.05) is 0 Å². The molecular weight excluding hydrogens is 354 g/mol. The summed E-state index contributed by atoms with van der Waals surface area (Å²) >= 11 is 1.12. The first-order valence-electron chi connectivity index (χ1n) is 7.98. The maximum atomic E-state index is 13.0. The second-order valence-electron chi connectivity index (χ2n) is 5.88. The SMILES string of the molecule is CCc1nc2sc(C(N)=O)c(C)c2c(=O)n1Cc1cccc(C(=O)O)c1. The van der Waals surface area contributed by atoms with Gasteiger partial charge in [-0.3, -0.25) is 14.2 Å². The van der Waals surface area contributed by atoms with E-state index in [1.807, 2.05) is 6.92 Å². The van der Waals surface area contributed by atoms with Gasteiger partial charge >= 0.3 is 5.97 Å². The van der Waals surface area contributed by atoms with Crippen LogP contribution in [0.4, 0.5) is 0 Å². The number of primary amides is 1. The van der Waals surface area contributed by atoms with E-state index in [1.54, 1.807) is 19.1 Å². The van der Waals surface area contributed by atoms with E-state index < -0.39 is 11.9 Å². The molecule has 0 bridgehead atoms. The third kappa shape index (κ3) is 2.99. The number of hydrogen-bond donors (Lipinski definition) is 2. The number of nitrogens with two attached hydrogens (primary N) is 1. The van der Waals surface area contributed by atoms with E-state index in [0.29, 0.717) is 38.5 Å². The van der Waals surface area contributed by atoms with Crippen LogP contribution in [0.1, 0.15) is 43.9 Å². The summed E-state index contributed by atoms with van der Waals surface area (Å²) in [6.45, 7) is 3.77. The molecule has 2 aromatic heterocycles. The number of benzene rings is 1. The van der Waals surface area contributed by atoms with Crippen molar-refractivity contribution in [1.29, 1.82) is 0 Å². The summed E-state index contributed by atoms with van der Waals surface area (Å²) in [5, 5.41) is 9.52. The Kier molecular flexibility index (Phi) is 4.60. The number of thiophene rings is 1. The van der Waals surface area contributed by atoms with Crippen LogP contribution in [0.5, 0.6) is 0 Å². The summed E-state index contributed by atoms with van der Waals surface area (Å²) in [6, 6.07) is 6.44. The molecule has 3 rings (SSSR count). The summed E-state index contributed by atoms with van der Waals surface area (Å²) in [5.74, 6) is -1.03. The summed E-state index contributed by atoms with van der Waals surface area (Å²) < 4.78 is 1.52. The topological polar surface area (TPSA) is 115 Å². The van der Waals surface area contributed by atoms with Gasteiger partial charge in [0, 0.05) is 6.42 Å². The predicted molar refractivity (Wildman–Crippen MR) is 99.0 cm³/mol. The predicted octanol–water partition coefficient (Wildman–Crippen LogP) is 2.17. The molecule has 2 heterocycles. The molecule has 0 aliphatic rings. The van der Waals surface area contributed by atoms with Gasteiger partial charge in [-0.25, -0.2) is 9.78 Å². The Labute approximate surface area is 152 Å². The number of carboxylic acids is 1. The van der Waals surface area contributed by atoms with Gasteiger partial charge in [0.15, 0.2) is 0 Å². The van der Waals surface area contributed by atoms with Crippen molar-refractivity contribution in [3.63, 3.8) is 0 Å². The summed E-state index contributed by atoms with van der Waals surface area (Å²) in [6.07, 6.45) is 0.520. The molecule has 0 saturated heterocycles. The number of aromatic carboxylic acids is 1. The zero-order valence-electron chi connectivity index (χ0n) is 14.3. The lowest BCUT2D eigenvalue weighted by Gasteiger charge is -2.12. The van der Waals surface area contributed by atoms with Crippen molar-refractivity contribution in [3.8, 4) is 0 Å². The molecule has 8 heteroatoms. The molecule has 134 valence electrons. The fourth-order valence-electron chi connectivity index (χ4n) is 2.91. The molecule has 0 aliphatic heterocycles. The molecule has 0 saturated carbocycles. The van der Waals surface area contributed by atoms with Crippen LogP contribution in [0.15, 0.2) is 29.1 Å². The van der Waals surface area contributed by atoms with Gasteiger partial charge < -0.3 is 10.8 Å². The Hall–Kier alpha value is -3.00. The van der Waals surface area contributed by atoms with E-state index >= 15 is 0 Å². The minimum absolute atomic E-state index is 0.158. The Balaban J connectivity index is 2.19. The van der Waals surface area contributed by atoms with Gasteiger partial charge in [0.05, 0.1) is 22.4 Å². The Morgan fingerprint density at radius 2 is 2.08 bits per heavy atom. The second kappa shape index (κ2) is 6.72. The zero-order chi connectivity index (χ0) is 19.0. The monoisotopic (exact) mass is 371 g/mol. The van der Waals surface area contributed by atoms with Crippen LogP contribution in [0, 0.1) is 6.92 Å². The number of carbonyl (C=O) groups is 2. The minimum atomic E-state index is -1.02. The van der Waals surface area contributed by atoms with E-state index in [1.165, 1.54) is 16.7 Å². The van der Waals surface area contributed by atoms with Crippen molar-refractivity contribution >= 4 is 33.4 Å². The molecule has 26 heavy (non-hydrogen) atoms. The number of rotatable bonds is 5. The number of amides is 1. The highest BCUT2D eigenvalue weighted by atomic mass is 32.1. The Morgan fingerprint density at radius 3 is 2.69 bits per heavy atom. The molecule has 0 atom stereocenters. The Bertz CT molecular complexity index is 1100. The minimum Gasteiger partial charge on any atom is -0.478 e. The zero-order valence-corrected chi connectivity index (χ0v) is 15.1. The smallest absolute Gasteiger partial charge is 0.335 e. The maximum Gasteiger partial charge on any atom is 0.335 e. The quantitative estimate of drug-likeness (QED) is 0.713. The third-order valence-corrected chi connectivity index (χ3v) is 5.38. The van der Waals surface area contributed by atoms with Gasteiger partial charge in [-0.1, -0.05) is 19.1 Å². The first-order chi connectivity index (χ1) is 12.3. The van der Waals surface area contributed by atoms with Gasteiger partial charge in [-0.05, 0) is 30.2 Å². The summed E-state index contributed by atoms with van der Waals surface area (Å²) in [4.78, 5) is 41.1. The van der Waals surface area contributed by atoms with Crippen LogP contribution in [0.2, 0.25) is 0 Å². The van der Waals surface area contributed by atoms with Crippen molar-refractivity contribution in [2.24, 2.45) is 5.73 Å². The average Bonchev–Trinajstić information content (AvgIpc) is 2.94. The number of aromatic nitrogens is 2. The maximum absolute atomic E-state index is 13.0. The van der Waals surface area contributed by atoms with Gasteiger partial charge in [0.1, 0.15) is 10.7 Å². The van der Waals surface area contributed by atoms with Crippen molar-refractivity contribution in [3.05, 3.63) is 62.0 Å². The van der Waals surface area contributed by atoms with Gasteiger partial charge in [-0.2, -0.15) is 0 Å².